The van der Waals surface area contributed by atoms with Crippen molar-refractivity contribution in [1.82, 2.24) is 25.1 Å². The third-order valence-electron chi connectivity index (χ3n) is 6.13. The zero-order valence-corrected chi connectivity index (χ0v) is 22.4. The molecule has 0 spiro atoms. The second kappa shape index (κ2) is 10.9. The molecule has 1 aromatic carbocycles. The van der Waals surface area contributed by atoms with Crippen LogP contribution in [0.25, 0.3) is 0 Å². The fourth-order valence-corrected chi connectivity index (χ4v) is 4.89. The maximum absolute atomic E-state index is 14.7. The van der Waals surface area contributed by atoms with E-state index in [0.717, 1.165) is 12.1 Å². The number of amides is 1. The van der Waals surface area contributed by atoms with E-state index in [-0.39, 0.29) is 32.8 Å². The highest BCUT2D eigenvalue weighted by Gasteiger charge is 2.55. The van der Waals surface area contributed by atoms with E-state index in [1.165, 1.54) is 11.1 Å². The molecule has 1 atom stereocenters. The maximum Gasteiger partial charge on any atom is 0.290 e. The molecule has 7 nitrogen and oxygen atoms in total. The first-order valence-electron chi connectivity index (χ1n) is 11.7. The second-order valence-electron chi connectivity index (χ2n) is 9.38. The van der Waals surface area contributed by atoms with Gasteiger partial charge in [0, 0.05) is 39.2 Å². The van der Waals surface area contributed by atoms with Crippen molar-refractivity contribution in [3.63, 3.8) is 0 Å². The Morgan fingerprint density at radius 3 is 2.30 bits per heavy atom. The highest BCUT2D eigenvalue weighted by atomic mass is 79.9. The van der Waals surface area contributed by atoms with E-state index in [2.05, 4.69) is 36.3 Å². The molecule has 0 saturated heterocycles. The summed E-state index contributed by atoms with van der Waals surface area (Å²) >= 11 is 3.25. The van der Waals surface area contributed by atoms with Crippen LogP contribution in [0.4, 0.5) is 41.1 Å². The third-order valence-corrected chi connectivity index (χ3v) is 6.74. The Hall–Kier alpha value is -3.30. The lowest BCUT2D eigenvalue weighted by molar-refractivity contribution is -0.123. The van der Waals surface area contributed by atoms with Crippen LogP contribution in [0.2, 0.25) is 0 Å². The Morgan fingerprint density at radius 2 is 1.70 bits per heavy atom. The molecular weight excluding hydrogens is 620 g/mol. The fraction of sp³-hybridized carbons (Fsp3) is 0.417. The van der Waals surface area contributed by atoms with E-state index in [1.54, 1.807) is 14.1 Å². The number of anilines is 1. The standard InChI is InChI=1S/C24H21BrF8N6O/c1-38(2)22-34-9-14(25)18(36-22)15(7-11-5-12(26)8-13(27)6-11)35-16(40)10-39-20-17(19(37-39)21(28)29)23(30,31)3-4-24(20,32)33/h5-6,8-9,15,21H,3-4,7,10H2,1-2H3,(H,35,40). The molecule has 0 bridgehead atoms. The number of carbonyl (C=O) groups is 1. The van der Waals surface area contributed by atoms with E-state index in [1.807, 2.05) is 0 Å². The molecule has 216 valence electrons. The molecule has 0 saturated carbocycles. The molecule has 4 rings (SSSR count). The molecule has 0 radical (unpaired) electrons. The lowest BCUT2D eigenvalue weighted by Gasteiger charge is -2.29. The zero-order valence-electron chi connectivity index (χ0n) is 20.8. The SMILES string of the molecule is CN(C)c1ncc(Br)c(C(Cc2cc(F)cc(F)c2)NC(=O)Cn2nc(C(F)F)c3c2C(F)(F)CCC3(F)F)n1. The summed E-state index contributed by atoms with van der Waals surface area (Å²) in [6, 6.07) is 1.49. The monoisotopic (exact) mass is 640 g/mol. The summed E-state index contributed by atoms with van der Waals surface area (Å²) < 4.78 is 114. The van der Waals surface area contributed by atoms with Crippen molar-refractivity contribution in [2.75, 3.05) is 19.0 Å². The summed E-state index contributed by atoms with van der Waals surface area (Å²) in [5.74, 6) is -10.7. The summed E-state index contributed by atoms with van der Waals surface area (Å²) in [5, 5.41) is 5.74. The minimum atomic E-state index is -4.00. The summed E-state index contributed by atoms with van der Waals surface area (Å²) in [6.45, 7) is -1.13. The van der Waals surface area contributed by atoms with Gasteiger partial charge in [-0.15, -0.1) is 0 Å². The van der Waals surface area contributed by atoms with Crippen molar-refractivity contribution in [3.8, 4) is 0 Å². The van der Waals surface area contributed by atoms with Gasteiger partial charge in [0.2, 0.25) is 11.9 Å². The molecule has 2 aromatic heterocycles. The molecule has 1 aliphatic carbocycles. The van der Waals surface area contributed by atoms with Crippen molar-refractivity contribution in [2.45, 2.75) is 50.1 Å². The molecule has 1 N–H and O–H groups in total. The largest absolute Gasteiger partial charge is 0.347 e. The zero-order chi connectivity index (χ0) is 29.6. The number of rotatable bonds is 8. The Bertz CT molecular complexity index is 1410. The predicted octanol–water partition coefficient (Wildman–Crippen LogP) is 5.80. The molecule has 0 aliphatic heterocycles. The average Bonchev–Trinajstić information content (AvgIpc) is 3.23. The topological polar surface area (TPSA) is 75.9 Å². The number of halogens is 9. The van der Waals surface area contributed by atoms with Crippen molar-refractivity contribution in [3.05, 3.63) is 68.7 Å². The smallest absolute Gasteiger partial charge is 0.290 e. The van der Waals surface area contributed by atoms with Crippen LogP contribution in [0.3, 0.4) is 0 Å². The number of nitrogens with zero attached hydrogens (tertiary/aromatic N) is 5. The molecular formula is C24H21BrF8N6O. The Kier molecular flexibility index (Phi) is 8.11. The fourth-order valence-electron chi connectivity index (χ4n) is 4.42. The van der Waals surface area contributed by atoms with Crippen LogP contribution >= 0.6 is 15.9 Å². The Labute approximate surface area is 230 Å². The number of nitrogens with one attached hydrogen (secondary N) is 1. The van der Waals surface area contributed by atoms with Crippen molar-refractivity contribution < 1.29 is 39.9 Å². The lowest BCUT2D eigenvalue weighted by atomic mass is 9.89. The lowest BCUT2D eigenvalue weighted by Crippen LogP contribution is -2.37. The van der Waals surface area contributed by atoms with Crippen LogP contribution in [-0.4, -0.2) is 39.8 Å². The van der Waals surface area contributed by atoms with Gasteiger partial charge in [0.25, 0.3) is 18.3 Å². The molecule has 40 heavy (non-hydrogen) atoms. The minimum absolute atomic E-state index is 0.0855. The van der Waals surface area contributed by atoms with Gasteiger partial charge in [-0.1, -0.05) is 0 Å². The first-order valence-corrected chi connectivity index (χ1v) is 12.5. The maximum atomic E-state index is 14.7. The van der Waals surface area contributed by atoms with Crippen LogP contribution < -0.4 is 10.2 Å². The molecule has 3 aromatic rings. The molecule has 16 heteroatoms. The molecule has 2 heterocycles. The highest BCUT2D eigenvalue weighted by Crippen LogP contribution is 2.52. The van der Waals surface area contributed by atoms with Gasteiger partial charge in [-0.3, -0.25) is 9.48 Å². The quantitative estimate of drug-likeness (QED) is 0.315. The number of alkyl halides is 6. The highest BCUT2D eigenvalue weighted by molar-refractivity contribution is 9.10. The first kappa shape index (κ1) is 29.7. The van der Waals surface area contributed by atoms with Gasteiger partial charge in [0.05, 0.1) is 21.8 Å². The number of aromatic nitrogens is 4. The normalized spacial score (nSPS) is 16.5. The van der Waals surface area contributed by atoms with Gasteiger partial charge in [-0.25, -0.2) is 36.3 Å². The van der Waals surface area contributed by atoms with Crippen LogP contribution in [0.15, 0.2) is 28.9 Å². The van der Waals surface area contributed by atoms with E-state index in [0.29, 0.717) is 6.07 Å². The van der Waals surface area contributed by atoms with Crippen LogP contribution in [-0.2, 0) is 29.6 Å². The molecule has 1 amide bonds. The van der Waals surface area contributed by atoms with E-state index >= 15 is 0 Å². The van der Waals surface area contributed by atoms with Gasteiger partial charge in [-0.05, 0) is 40.0 Å². The van der Waals surface area contributed by atoms with Gasteiger partial charge >= 0.3 is 0 Å². The van der Waals surface area contributed by atoms with Gasteiger partial charge in [0.15, 0.2) is 0 Å². The number of hydrogen-bond acceptors (Lipinski definition) is 5. The van der Waals surface area contributed by atoms with E-state index in [9.17, 15) is 39.9 Å². The number of benzene rings is 1. The van der Waals surface area contributed by atoms with Crippen LogP contribution in [0, 0.1) is 11.6 Å². The molecule has 1 unspecified atom stereocenters. The second-order valence-corrected chi connectivity index (χ2v) is 10.2. The van der Waals surface area contributed by atoms with Crippen molar-refractivity contribution in [2.24, 2.45) is 0 Å². The van der Waals surface area contributed by atoms with Crippen LogP contribution in [0.1, 0.15) is 53.5 Å². The predicted molar refractivity (Wildman–Crippen MR) is 129 cm³/mol. The first-order chi connectivity index (χ1) is 18.6. The van der Waals surface area contributed by atoms with Crippen molar-refractivity contribution >= 4 is 27.8 Å². The summed E-state index contributed by atoms with van der Waals surface area (Å²) in [4.78, 5) is 23.0. The number of fused-ring (bicyclic) bond motifs is 1. The summed E-state index contributed by atoms with van der Waals surface area (Å²) in [6.07, 6.45) is -5.21. The molecule has 1 aliphatic rings. The van der Waals surface area contributed by atoms with Crippen LogP contribution in [0.5, 0.6) is 0 Å². The van der Waals surface area contributed by atoms with Gasteiger partial charge < -0.3 is 10.2 Å². The average molecular weight is 641 g/mol. The van der Waals surface area contributed by atoms with E-state index in [4.69, 9.17) is 0 Å². The van der Waals surface area contributed by atoms with Gasteiger partial charge in [0.1, 0.15) is 29.6 Å². The summed E-state index contributed by atoms with van der Waals surface area (Å²) in [5.41, 5.74) is -4.37. The summed E-state index contributed by atoms with van der Waals surface area (Å²) in [7, 11) is 3.25. The van der Waals surface area contributed by atoms with Gasteiger partial charge in [-0.2, -0.15) is 13.9 Å². The Morgan fingerprint density at radius 1 is 1.07 bits per heavy atom. The number of carbonyl (C=O) groups excluding carboxylic acids is 1. The number of hydrogen-bond donors (Lipinski definition) is 1. The minimum Gasteiger partial charge on any atom is -0.347 e. The Balaban J connectivity index is 1.72. The third kappa shape index (κ3) is 6.05. The van der Waals surface area contributed by atoms with E-state index < -0.39 is 78.2 Å². The van der Waals surface area contributed by atoms with Crippen molar-refractivity contribution in [1.29, 1.82) is 0 Å². The molecule has 0 fully saturated rings.